The number of rotatable bonds is 4. The van der Waals surface area contributed by atoms with E-state index in [1.54, 1.807) is 41.3 Å². The molecular formula is C17H12Cl3FN4S. The second-order valence-corrected chi connectivity index (χ2v) is 7.02. The van der Waals surface area contributed by atoms with E-state index in [0.717, 1.165) is 5.56 Å². The first-order valence-corrected chi connectivity index (χ1v) is 8.94. The Balaban J connectivity index is 1.63. The number of thiocarbonyl (C=S) groups is 1. The molecule has 0 spiro atoms. The summed E-state index contributed by atoms with van der Waals surface area (Å²) in [5.41, 5.74) is 2.08. The molecule has 26 heavy (non-hydrogen) atoms. The Hall–Kier alpha value is -1.86. The quantitative estimate of drug-likeness (QED) is 0.511. The lowest BCUT2D eigenvalue weighted by molar-refractivity contribution is 0.624. The van der Waals surface area contributed by atoms with Crippen molar-refractivity contribution in [2.24, 2.45) is 0 Å². The number of halogens is 4. The monoisotopic (exact) mass is 428 g/mol. The highest BCUT2D eigenvalue weighted by molar-refractivity contribution is 7.80. The van der Waals surface area contributed by atoms with Gasteiger partial charge in [-0.25, -0.2) is 4.39 Å². The molecule has 0 saturated heterocycles. The molecule has 0 aliphatic rings. The van der Waals surface area contributed by atoms with Crippen molar-refractivity contribution in [2.75, 3.05) is 10.6 Å². The van der Waals surface area contributed by atoms with E-state index >= 15 is 0 Å². The van der Waals surface area contributed by atoms with E-state index < -0.39 is 0 Å². The zero-order chi connectivity index (χ0) is 18.7. The van der Waals surface area contributed by atoms with E-state index in [1.807, 2.05) is 0 Å². The van der Waals surface area contributed by atoms with Crippen LogP contribution in [0, 0.1) is 5.82 Å². The summed E-state index contributed by atoms with van der Waals surface area (Å²) < 4.78 is 14.8. The van der Waals surface area contributed by atoms with Gasteiger partial charge in [-0.2, -0.15) is 5.10 Å². The van der Waals surface area contributed by atoms with E-state index in [2.05, 4.69) is 15.7 Å². The smallest absolute Gasteiger partial charge is 0.175 e. The van der Waals surface area contributed by atoms with Crippen LogP contribution < -0.4 is 10.6 Å². The second-order valence-electron chi connectivity index (χ2n) is 5.37. The molecule has 2 N–H and O–H groups in total. The van der Waals surface area contributed by atoms with Crippen molar-refractivity contribution in [3.63, 3.8) is 0 Å². The minimum absolute atomic E-state index is 0.351. The highest BCUT2D eigenvalue weighted by Crippen LogP contribution is 2.25. The molecule has 0 fully saturated rings. The highest BCUT2D eigenvalue weighted by atomic mass is 35.5. The third-order valence-electron chi connectivity index (χ3n) is 3.42. The van der Waals surface area contributed by atoms with Crippen molar-refractivity contribution in [1.82, 2.24) is 9.78 Å². The van der Waals surface area contributed by atoms with E-state index in [0.29, 0.717) is 38.1 Å². The van der Waals surface area contributed by atoms with Gasteiger partial charge in [0.2, 0.25) is 0 Å². The summed E-state index contributed by atoms with van der Waals surface area (Å²) >= 11 is 23.3. The van der Waals surface area contributed by atoms with E-state index in [4.69, 9.17) is 47.0 Å². The van der Waals surface area contributed by atoms with Crippen molar-refractivity contribution in [2.45, 2.75) is 6.54 Å². The maximum Gasteiger partial charge on any atom is 0.175 e. The number of hydrogen-bond donors (Lipinski definition) is 2. The Morgan fingerprint density at radius 1 is 1.08 bits per heavy atom. The fourth-order valence-electron chi connectivity index (χ4n) is 2.21. The molecule has 2 aromatic carbocycles. The van der Waals surface area contributed by atoms with Gasteiger partial charge in [0.05, 0.1) is 29.1 Å². The Morgan fingerprint density at radius 2 is 1.88 bits per heavy atom. The molecule has 0 atom stereocenters. The van der Waals surface area contributed by atoms with Crippen LogP contribution in [0.15, 0.2) is 48.8 Å². The van der Waals surface area contributed by atoms with Crippen LogP contribution in [0.3, 0.4) is 0 Å². The first-order chi connectivity index (χ1) is 12.4. The van der Waals surface area contributed by atoms with Gasteiger partial charge in [0.15, 0.2) is 5.11 Å². The standard InChI is InChI=1S/C17H12Cl3FN4S/c18-11-2-4-16(15(20)5-11)24-17(26)23-13-7-22-25(9-13)8-10-1-3-12(21)6-14(10)19/h1-7,9H,8H2,(H2,23,24,26). The second kappa shape index (κ2) is 8.22. The molecule has 0 amide bonds. The van der Waals surface area contributed by atoms with Crippen molar-refractivity contribution in [3.05, 3.63) is 75.2 Å². The summed E-state index contributed by atoms with van der Waals surface area (Å²) in [6.07, 6.45) is 3.38. The molecule has 4 nitrogen and oxygen atoms in total. The lowest BCUT2D eigenvalue weighted by atomic mass is 10.2. The average Bonchev–Trinajstić information content (AvgIpc) is 3.00. The van der Waals surface area contributed by atoms with Gasteiger partial charge in [-0.1, -0.05) is 40.9 Å². The normalized spacial score (nSPS) is 10.6. The molecule has 9 heteroatoms. The van der Waals surface area contributed by atoms with Crippen molar-refractivity contribution < 1.29 is 4.39 Å². The number of nitrogens with one attached hydrogen (secondary N) is 2. The molecule has 0 aliphatic heterocycles. The van der Waals surface area contributed by atoms with Gasteiger partial charge in [-0.15, -0.1) is 0 Å². The largest absolute Gasteiger partial charge is 0.331 e. The summed E-state index contributed by atoms with van der Waals surface area (Å²) in [5.74, 6) is -0.376. The zero-order valence-corrected chi connectivity index (χ0v) is 16.2. The number of nitrogens with zero attached hydrogens (tertiary/aromatic N) is 2. The summed E-state index contributed by atoms with van der Waals surface area (Å²) in [5, 5.41) is 11.9. The van der Waals surface area contributed by atoms with E-state index in [9.17, 15) is 4.39 Å². The predicted molar refractivity (Wildman–Crippen MR) is 109 cm³/mol. The molecule has 0 bridgehead atoms. The Bertz CT molecular complexity index is 961. The van der Waals surface area contributed by atoms with Gasteiger partial charge in [0.1, 0.15) is 5.82 Å². The Labute approximate surface area is 169 Å². The molecule has 0 radical (unpaired) electrons. The van der Waals surface area contributed by atoms with E-state index in [1.165, 1.54) is 12.1 Å². The molecule has 1 aromatic heterocycles. The topological polar surface area (TPSA) is 41.9 Å². The van der Waals surface area contributed by atoms with Crippen molar-refractivity contribution in [1.29, 1.82) is 0 Å². The number of aromatic nitrogens is 2. The fraction of sp³-hybridized carbons (Fsp3) is 0.0588. The van der Waals surface area contributed by atoms with Gasteiger partial charge < -0.3 is 10.6 Å². The van der Waals surface area contributed by atoms with Crippen LogP contribution in [0.4, 0.5) is 15.8 Å². The van der Waals surface area contributed by atoms with Crippen molar-refractivity contribution >= 4 is 63.5 Å². The van der Waals surface area contributed by atoms with Gasteiger partial charge in [0, 0.05) is 16.2 Å². The fourth-order valence-corrected chi connectivity index (χ4v) is 3.13. The zero-order valence-electron chi connectivity index (χ0n) is 13.1. The van der Waals surface area contributed by atoms with Gasteiger partial charge in [-0.3, -0.25) is 4.68 Å². The molecular weight excluding hydrogens is 418 g/mol. The van der Waals surface area contributed by atoms with Crippen LogP contribution in [-0.4, -0.2) is 14.9 Å². The van der Waals surface area contributed by atoms with Crippen LogP contribution in [0.25, 0.3) is 0 Å². The van der Waals surface area contributed by atoms with Gasteiger partial charge in [-0.05, 0) is 48.1 Å². The number of hydrogen-bond acceptors (Lipinski definition) is 2. The predicted octanol–water partition coefficient (Wildman–Crippen LogP) is 5.84. The molecule has 0 unspecified atom stereocenters. The molecule has 0 aliphatic carbocycles. The third-order valence-corrected chi connectivity index (χ3v) is 4.52. The Kier molecular flexibility index (Phi) is 5.98. The first kappa shape index (κ1) is 18.9. The van der Waals surface area contributed by atoms with Gasteiger partial charge >= 0.3 is 0 Å². The van der Waals surface area contributed by atoms with Gasteiger partial charge in [0.25, 0.3) is 0 Å². The minimum atomic E-state index is -0.376. The maximum absolute atomic E-state index is 13.1. The van der Waals surface area contributed by atoms with Crippen LogP contribution >= 0.6 is 47.0 Å². The van der Waals surface area contributed by atoms with Crippen LogP contribution in [-0.2, 0) is 6.54 Å². The molecule has 0 saturated carbocycles. The SMILES string of the molecule is Fc1ccc(Cn2cc(NC(=S)Nc3ccc(Cl)cc3Cl)cn2)c(Cl)c1. The lowest BCUT2D eigenvalue weighted by Crippen LogP contribution is -2.19. The molecule has 3 aromatic rings. The molecule has 1 heterocycles. The summed E-state index contributed by atoms with van der Waals surface area (Å²) in [7, 11) is 0. The van der Waals surface area contributed by atoms with Crippen LogP contribution in [0.2, 0.25) is 15.1 Å². The summed E-state index contributed by atoms with van der Waals surface area (Å²) in [6, 6.07) is 9.33. The first-order valence-electron chi connectivity index (χ1n) is 7.40. The van der Waals surface area contributed by atoms with E-state index in [-0.39, 0.29) is 5.82 Å². The number of benzene rings is 2. The highest BCUT2D eigenvalue weighted by Gasteiger charge is 2.07. The summed E-state index contributed by atoms with van der Waals surface area (Å²) in [4.78, 5) is 0. The Morgan fingerprint density at radius 3 is 2.62 bits per heavy atom. The number of anilines is 2. The van der Waals surface area contributed by atoms with Crippen LogP contribution in [0.1, 0.15) is 5.56 Å². The third kappa shape index (κ3) is 4.86. The molecule has 3 rings (SSSR count). The minimum Gasteiger partial charge on any atom is -0.331 e. The maximum atomic E-state index is 13.1. The molecule has 134 valence electrons. The average molecular weight is 430 g/mol. The van der Waals surface area contributed by atoms with Crippen LogP contribution in [0.5, 0.6) is 0 Å². The summed E-state index contributed by atoms with van der Waals surface area (Å²) in [6.45, 7) is 0.407. The van der Waals surface area contributed by atoms with Crippen molar-refractivity contribution in [3.8, 4) is 0 Å². The lowest BCUT2D eigenvalue weighted by Gasteiger charge is -2.10.